The molecule has 0 aromatic heterocycles. The first-order chi connectivity index (χ1) is 11.6. The first-order valence-corrected chi connectivity index (χ1v) is 8.57. The first-order valence-electron chi connectivity index (χ1n) is 8.57. The topological polar surface area (TPSA) is 72.8 Å². The number of nitrogens with zero attached hydrogens (tertiary/aromatic N) is 1. The fraction of sp³-hybridized carbons (Fsp3) is 0.611. The smallest absolute Gasteiger partial charge is 0.219 e. The summed E-state index contributed by atoms with van der Waals surface area (Å²) in [5, 5.41) is 22.3. The lowest BCUT2D eigenvalue weighted by Gasteiger charge is -2.29. The van der Waals surface area contributed by atoms with Gasteiger partial charge in [0.05, 0.1) is 18.7 Å². The van der Waals surface area contributed by atoms with Gasteiger partial charge < -0.3 is 15.5 Å². The van der Waals surface area contributed by atoms with Gasteiger partial charge in [-0.3, -0.25) is 9.69 Å². The van der Waals surface area contributed by atoms with Crippen LogP contribution < -0.4 is 5.32 Å². The molecule has 0 spiro atoms. The van der Waals surface area contributed by atoms with E-state index in [9.17, 15) is 19.4 Å². The summed E-state index contributed by atoms with van der Waals surface area (Å²) in [4.78, 5) is 13.2. The van der Waals surface area contributed by atoms with Crippen molar-refractivity contribution in [2.75, 3.05) is 19.7 Å². The van der Waals surface area contributed by atoms with Gasteiger partial charge in [0.15, 0.2) is 0 Å². The molecule has 0 aliphatic carbocycles. The fourth-order valence-corrected chi connectivity index (χ4v) is 3.29. The normalized spacial score (nSPS) is 27.3. The number of benzene rings is 1. The number of aryl methyl sites for hydroxylation is 1. The van der Waals surface area contributed by atoms with Gasteiger partial charge in [-0.1, -0.05) is 37.3 Å². The zero-order valence-electron chi connectivity index (χ0n) is 14.1. The first kappa shape index (κ1) is 18.8. The molecule has 1 saturated heterocycles. The van der Waals surface area contributed by atoms with E-state index in [1.54, 1.807) is 11.8 Å². The molecule has 0 bridgehead atoms. The van der Waals surface area contributed by atoms with Crippen LogP contribution >= 0.6 is 0 Å². The molecule has 1 heterocycles. The molecule has 1 aromatic rings. The third kappa shape index (κ3) is 4.53. The Hall–Kier alpha value is -1.50. The van der Waals surface area contributed by atoms with E-state index in [1.165, 1.54) is 5.56 Å². The number of carbonyl (C=O) groups excluding carboxylic acids is 1. The lowest BCUT2D eigenvalue weighted by atomic mass is 10.1. The number of aliphatic hydroxyl groups excluding tert-OH is 2. The van der Waals surface area contributed by atoms with Crippen molar-refractivity contribution in [3.63, 3.8) is 0 Å². The van der Waals surface area contributed by atoms with Gasteiger partial charge in [-0.05, 0) is 24.9 Å². The minimum Gasteiger partial charge on any atom is -0.395 e. The molecule has 0 radical (unpaired) electrons. The van der Waals surface area contributed by atoms with Crippen molar-refractivity contribution in [2.24, 2.45) is 0 Å². The van der Waals surface area contributed by atoms with Crippen LogP contribution in [-0.4, -0.2) is 65.1 Å². The van der Waals surface area contributed by atoms with E-state index in [1.807, 2.05) is 30.3 Å². The highest BCUT2D eigenvalue weighted by atomic mass is 19.1. The largest absolute Gasteiger partial charge is 0.395 e. The Morgan fingerprint density at radius 1 is 1.29 bits per heavy atom. The molecule has 2 rings (SSSR count). The Morgan fingerprint density at radius 3 is 2.62 bits per heavy atom. The summed E-state index contributed by atoms with van der Waals surface area (Å²) < 4.78 is 14.4. The lowest BCUT2D eigenvalue weighted by Crippen LogP contribution is -2.47. The van der Waals surface area contributed by atoms with Crippen LogP contribution in [0, 0.1) is 0 Å². The molecular weight excluding hydrogens is 311 g/mol. The molecule has 4 atom stereocenters. The van der Waals surface area contributed by atoms with Crippen molar-refractivity contribution < 1.29 is 19.4 Å². The maximum atomic E-state index is 14.4. The monoisotopic (exact) mass is 338 g/mol. The molecule has 24 heavy (non-hydrogen) atoms. The van der Waals surface area contributed by atoms with E-state index in [4.69, 9.17) is 0 Å². The number of hydrogen-bond acceptors (Lipinski definition) is 4. The van der Waals surface area contributed by atoms with E-state index in [2.05, 4.69) is 5.32 Å². The molecule has 1 amide bonds. The Bertz CT molecular complexity index is 514. The maximum absolute atomic E-state index is 14.4. The number of alkyl halides is 1. The quantitative estimate of drug-likeness (QED) is 0.658. The van der Waals surface area contributed by atoms with Gasteiger partial charge in [0.1, 0.15) is 12.3 Å². The van der Waals surface area contributed by atoms with Crippen LogP contribution in [0.2, 0.25) is 0 Å². The lowest BCUT2D eigenvalue weighted by molar-refractivity contribution is -0.121. The zero-order chi connectivity index (χ0) is 17.5. The van der Waals surface area contributed by atoms with Crippen molar-refractivity contribution in [1.82, 2.24) is 10.2 Å². The van der Waals surface area contributed by atoms with Crippen molar-refractivity contribution in [3.8, 4) is 0 Å². The number of amides is 1. The molecule has 0 saturated carbocycles. The molecule has 1 unspecified atom stereocenters. The highest BCUT2D eigenvalue weighted by Gasteiger charge is 2.47. The third-order valence-electron chi connectivity index (χ3n) is 4.68. The van der Waals surface area contributed by atoms with Crippen LogP contribution in [0.3, 0.4) is 0 Å². The van der Waals surface area contributed by atoms with Gasteiger partial charge in [0, 0.05) is 13.0 Å². The second-order valence-corrected chi connectivity index (χ2v) is 6.24. The number of hydrogen-bond donors (Lipinski definition) is 3. The molecule has 5 nitrogen and oxygen atoms in total. The molecule has 1 aliphatic rings. The van der Waals surface area contributed by atoms with Crippen LogP contribution in [0.15, 0.2) is 30.3 Å². The molecule has 134 valence electrons. The van der Waals surface area contributed by atoms with Gasteiger partial charge in [0.2, 0.25) is 5.91 Å². The van der Waals surface area contributed by atoms with Crippen LogP contribution in [0.5, 0.6) is 0 Å². The highest BCUT2D eigenvalue weighted by Crippen LogP contribution is 2.27. The Kier molecular flexibility index (Phi) is 7.15. The number of halogens is 1. The van der Waals surface area contributed by atoms with Gasteiger partial charge >= 0.3 is 0 Å². The van der Waals surface area contributed by atoms with E-state index in [-0.39, 0.29) is 19.1 Å². The van der Waals surface area contributed by atoms with Gasteiger partial charge in [0.25, 0.3) is 0 Å². The number of likely N-dealkylation sites (tertiary alicyclic amines) is 1. The zero-order valence-corrected chi connectivity index (χ0v) is 14.1. The van der Waals surface area contributed by atoms with Crippen molar-refractivity contribution in [1.29, 1.82) is 0 Å². The van der Waals surface area contributed by atoms with Gasteiger partial charge in [-0.15, -0.1) is 0 Å². The Balaban J connectivity index is 1.96. The second kappa shape index (κ2) is 9.11. The summed E-state index contributed by atoms with van der Waals surface area (Å²) in [5.74, 6) is -0.145. The minimum absolute atomic E-state index is 0.145. The summed E-state index contributed by atoms with van der Waals surface area (Å²) in [5.41, 5.74) is 1.20. The number of nitrogens with one attached hydrogen (secondary N) is 1. The number of carbonyl (C=O) groups is 1. The van der Waals surface area contributed by atoms with E-state index < -0.39 is 24.4 Å². The molecule has 3 N–H and O–H groups in total. The molecule has 1 fully saturated rings. The average molecular weight is 338 g/mol. The second-order valence-electron chi connectivity index (χ2n) is 6.24. The highest BCUT2D eigenvalue weighted by molar-refractivity contribution is 5.75. The summed E-state index contributed by atoms with van der Waals surface area (Å²) in [6.07, 6.45) is -0.732. The average Bonchev–Trinajstić information content (AvgIpc) is 2.84. The predicted octanol–water partition coefficient (Wildman–Crippen LogP) is 0.889. The molecule has 1 aliphatic heterocycles. The Labute approximate surface area is 142 Å². The Morgan fingerprint density at radius 2 is 2.00 bits per heavy atom. The van der Waals surface area contributed by atoms with Crippen LogP contribution in [0.25, 0.3) is 0 Å². The van der Waals surface area contributed by atoms with Crippen LogP contribution in [0.1, 0.15) is 25.3 Å². The molecule has 1 aromatic carbocycles. The van der Waals surface area contributed by atoms with Crippen LogP contribution in [-0.2, 0) is 11.2 Å². The third-order valence-corrected chi connectivity index (χ3v) is 4.68. The van der Waals surface area contributed by atoms with Crippen LogP contribution in [0.4, 0.5) is 4.39 Å². The number of rotatable bonds is 8. The van der Waals surface area contributed by atoms with E-state index in [0.717, 1.165) is 12.8 Å². The van der Waals surface area contributed by atoms with Crippen molar-refractivity contribution in [3.05, 3.63) is 35.9 Å². The SMILES string of the molecule is CCC(=O)NC[C@@H]1[C@@H](F)[C@H](O)C(CO)N1CCCc1ccccc1. The van der Waals surface area contributed by atoms with Crippen molar-refractivity contribution in [2.45, 2.75) is 50.5 Å². The van der Waals surface area contributed by atoms with E-state index in [0.29, 0.717) is 13.0 Å². The number of aliphatic hydroxyl groups is 2. The maximum Gasteiger partial charge on any atom is 0.219 e. The van der Waals surface area contributed by atoms with Gasteiger partial charge in [-0.25, -0.2) is 4.39 Å². The predicted molar refractivity (Wildman–Crippen MR) is 90.3 cm³/mol. The summed E-state index contributed by atoms with van der Waals surface area (Å²) >= 11 is 0. The minimum atomic E-state index is -1.48. The summed E-state index contributed by atoms with van der Waals surface area (Å²) in [6, 6.07) is 8.77. The van der Waals surface area contributed by atoms with E-state index >= 15 is 0 Å². The van der Waals surface area contributed by atoms with Crippen molar-refractivity contribution >= 4 is 5.91 Å². The van der Waals surface area contributed by atoms with Gasteiger partial charge in [-0.2, -0.15) is 0 Å². The fourth-order valence-electron chi connectivity index (χ4n) is 3.29. The summed E-state index contributed by atoms with van der Waals surface area (Å²) in [6.45, 7) is 2.14. The molecule has 6 heteroatoms. The standard InChI is InChI=1S/C18H27FN2O3/c1-2-16(23)20-11-14-17(19)18(24)15(12-22)21(14)10-6-9-13-7-4-3-5-8-13/h3-5,7-8,14-15,17-18,22,24H,2,6,9-12H2,1H3,(H,20,23)/t14-,15?,17-,18-/m1/s1. The summed E-state index contributed by atoms with van der Waals surface area (Å²) in [7, 11) is 0. The molecular formula is C18H27FN2O3.